The van der Waals surface area contributed by atoms with E-state index in [0.29, 0.717) is 23.7 Å². The van der Waals surface area contributed by atoms with Crippen LogP contribution in [0, 0.1) is 0 Å². The molecule has 5 nitrogen and oxygen atoms in total. The van der Waals surface area contributed by atoms with Crippen molar-refractivity contribution < 1.29 is 8.42 Å². The van der Waals surface area contributed by atoms with E-state index in [4.69, 9.17) is 0 Å². The van der Waals surface area contributed by atoms with Gasteiger partial charge in [-0.15, -0.1) is 0 Å². The average Bonchev–Trinajstić information content (AvgIpc) is 3.48. The monoisotopic (exact) mass is 413 g/mol. The maximum atomic E-state index is 12.1. The molecule has 1 aliphatic heterocycles. The Labute approximate surface area is 174 Å². The van der Waals surface area contributed by atoms with Crippen LogP contribution in [0.5, 0.6) is 0 Å². The van der Waals surface area contributed by atoms with E-state index in [1.165, 1.54) is 24.8 Å². The van der Waals surface area contributed by atoms with Crippen LogP contribution in [-0.2, 0) is 10.0 Å². The smallest absolute Gasteiger partial charge is 0.235 e. The molecule has 6 heteroatoms. The number of rotatable bonds is 7. The summed E-state index contributed by atoms with van der Waals surface area (Å²) in [6, 6.07) is 17.6. The van der Waals surface area contributed by atoms with E-state index in [-0.39, 0.29) is 0 Å². The zero-order valence-corrected chi connectivity index (χ0v) is 18.0. The van der Waals surface area contributed by atoms with Gasteiger partial charge in [0, 0.05) is 23.7 Å². The Balaban J connectivity index is 1.40. The van der Waals surface area contributed by atoms with E-state index in [9.17, 15) is 8.42 Å². The molecule has 0 amide bonds. The van der Waals surface area contributed by atoms with Gasteiger partial charge in [-0.3, -0.25) is 4.72 Å². The Kier molecular flexibility index (Phi) is 5.95. The summed E-state index contributed by atoms with van der Waals surface area (Å²) in [4.78, 5) is 0. The van der Waals surface area contributed by atoms with Crippen molar-refractivity contribution in [3.05, 3.63) is 54.1 Å². The summed E-state index contributed by atoms with van der Waals surface area (Å²) >= 11 is 0. The van der Waals surface area contributed by atoms with E-state index >= 15 is 0 Å². The minimum atomic E-state index is -3.34. The first-order valence-corrected chi connectivity index (χ1v) is 12.2. The van der Waals surface area contributed by atoms with Gasteiger partial charge in [0.1, 0.15) is 0 Å². The van der Waals surface area contributed by atoms with Gasteiger partial charge >= 0.3 is 0 Å². The van der Waals surface area contributed by atoms with Crippen molar-refractivity contribution >= 4 is 15.7 Å². The van der Waals surface area contributed by atoms with Crippen LogP contribution >= 0.6 is 0 Å². The Morgan fingerprint density at radius 1 is 1.00 bits per heavy atom. The van der Waals surface area contributed by atoms with Crippen LogP contribution in [-0.4, -0.2) is 38.8 Å². The second-order valence-electron chi connectivity index (χ2n) is 8.54. The van der Waals surface area contributed by atoms with Gasteiger partial charge in [-0.1, -0.05) is 36.4 Å². The predicted octanol–water partition coefficient (Wildman–Crippen LogP) is 3.70. The van der Waals surface area contributed by atoms with Gasteiger partial charge in [0.15, 0.2) is 0 Å². The number of anilines is 1. The van der Waals surface area contributed by atoms with E-state index in [1.807, 2.05) is 18.2 Å². The molecule has 1 heterocycles. The lowest BCUT2D eigenvalue weighted by Gasteiger charge is -2.24. The zero-order chi connectivity index (χ0) is 20.4. The third-order valence-corrected chi connectivity index (χ3v) is 7.76. The molecule has 156 valence electrons. The molecule has 1 saturated heterocycles. The van der Waals surface area contributed by atoms with Crippen molar-refractivity contribution in [3.63, 3.8) is 0 Å². The number of nitrogens with one attached hydrogen (secondary N) is 3. The number of hydrogen-bond donors (Lipinski definition) is 3. The molecule has 3 N–H and O–H groups in total. The normalized spacial score (nSPS) is 22.6. The molecule has 0 radical (unpaired) electrons. The number of piperidine rings is 1. The lowest BCUT2D eigenvalue weighted by molar-refractivity contribution is 0.383. The summed E-state index contributed by atoms with van der Waals surface area (Å²) < 4.78 is 26.9. The first-order chi connectivity index (χ1) is 13.9. The van der Waals surface area contributed by atoms with E-state index in [1.54, 1.807) is 19.9 Å². The van der Waals surface area contributed by atoms with Crippen LogP contribution in [0.15, 0.2) is 48.5 Å². The van der Waals surface area contributed by atoms with E-state index in [0.717, 1.165) is 24.2 Å². The average molecular weight is 414 g/mol. The second-order valence-corrected chi connectivity index (χ2v) is 10.8. The molecule has 0 bridgehead atoms. The van der Waals surface area contributed by atoms with Crippen LogP contribution in [0.2, 0.25) is 0 Å². The molecule has 2 fully saturated rings. The van der Waals surface area contributed by atoms with Crippen molar-refractivity contribution in [2.75, 3.05) is 17.8 Å². The third-order valence-electron chi connectivity index (χ3n) is 5.99. The van der Waals surface area contributed by atoms with E-state index < -0.39 is 15.3 Å². The topological polar surface area (TPSA) is 70.2 Å². The van der Waals surface area contributed by atoms with Gasteiger partial charge in [0.25, 0.3) is 0 Å². The molecule has 0 aromatic heterocycles. The van der Waals surface area contributed by atoms with Crippen LogP contribution in [0.1, 0.15) is 44.6 Å². The largest absolute Gasteiger partial charge is 0.317 e. The fraction of sp³-hybridized carbons (Fsp3) is 0.478. The molecule has 2 aliphatic rings. The molecular weight excluding hydrogens is 382 g/mol. The molecular formula is C23H31N3O2S. The first kappa shape index (κ1) is 20.4. The zero-order valence-electron chi connectivity index (χ0n) is 17.2. The van der Waals surface area contributed by atoms with Crippen molar-refractivity contribution in [3.8, 4) is 11.1 Å². The molecule has 0 unspecified atom stereocenters. The summed E-state index contributed by atoms with van der Waals surface area (Å²) in [5.74, 6) is 0.614. The Morgan fingerprint density at radius 3 is 2.41 bits per heavy atom. The number of benzene rings is 2. The standard InChI is InChI=1S/C23H31N3O2S/c1-16(2)29(27,28)26-21-5-3-4-19(14-21)17-6-8-18(9-7-17)22-15-23(22)25-20-10-12-24-13-11-20/h3-9,14,16,20,22-26H,10-13,15H2,1-2H3/t22-,23-/m0/s1. The Morgan fingerprint density at radius 2 is 1.72 bits per heavy atom. The predicted molar refractivity (Wildman–Crippen MR) is 120 cm³/mol. The third kappa shape index (κ3) is 5.00. The number of sulfonamides is 1. The van der Waals surface area contributed by atoms with Crippen LogP contribution < -0.4 is 15.4 Å². The van der Waals surface area contributed by atoms with Crippen LogP contribution in [0.3, 0.4) is 0 Å². The van der Waals surface area contributed by atoms with Gasteiger partial charge in [-0.25, -0.2) is 8.42 Å². The molecule has 1 saturated carbocycles. The highest BCUT2D eigenvalue weighted by Gasteiger charge is 2.39. The van der Waals surface area contributed by atoms with Gasteiger partial charge in [0.05, 0.1) is 5.25 Å². The summed E-state index contributed by atoms with van der Waals surface area (Å²) in [6.45, 7) is 5.60. The maximum absolute atomic E-state index is 12.1. The lowest BCUT2D eigenvalue weighted by atomic mass is 10.0. The fourth-order valence-electron chi connectivity index (χ4n) is 4.01. The van der Waals surface area contributed by atoms with Crippen molar-refractivity contribution in [2.24, 2.45) is 0 Å². The quantitative estimate of drug-likeness (QED) is 0.647. The lowest BCUT2D eigenvalue weighted by Crippen LogP contribution is -2.41. The van der Waals surface area contributed by atoms with Crippen molar-refractivity contribution in [1.82, 2.24) is 10.6 Å². The van der Waals surface area contributed by atoms with Crippen molar-refractivity contribution in [1.29, 1.82) is 0 Å². The molecule has 2 atom stereocenters. The second kappa shape index (κ2) is 8.46. The van der Waals surface area contributed by atoms with Gasteiger partial charge in [0.2, 0.25) is 10.0 Å². The maximum Gasteiger partial charge on any atom is 0.235 e. The summed E-state index contributed by atoms with van der Waals surface area (Å²) in [5, 5.41) is 6.78. The van der Waals surface area contributed by atoms with E-state index in [2.05, 4.69) is 39.6 Å². The highest BCUT2D eigenvalue weighted by atomic mass is 32.2. The summed E-state index contributed by atoms with van der Waals surface area (Å²) in [6.07, 6.45) is 3.66. The first-order valence-electron chi connectivity index (χ1n) is 10.6. The summed E-state index contributed by atoms with van der Waals surface area (Å²) in [5.41, 5.74) is 4.11. The summed E-state index contributed by atoms with van der Waals surface area (Å²) in [7, 11) is -3.34. The van der Waals surface area contributed by atoms with Crippen molar-refractivity contribution in [2.45, 2.75) is 56.4 Å². The molecule has 2 aromatic carbocycles. The minimum absolute atomic E-state index is 0.463. The highest BCUT2D eigenvalue weighted by Crippen LogP contribution is 2.42. The van der Waals surface area contributed by atoms with Gasteiger partial charge in [-0.2, -0.15) is 0 Å². The molecule has 0 spiro atoms. The van der Waals surface area contributed by atoms with Gasteiger partial charge < -0.3 is 10.6 Å². The van der Waals surface area contributed by atoms with Crippen LogP contribution in [0.25, 0.3) is 11.1 Å². The Hall–Kier alpha value is -1.89. The number of hydrogen-bond acceptors (Lipinski definition) is 4. The highest BCUT2D eigenvalue weighted by molar-refractivity contribution is 7.93. The SMILES string of the molecule is CC(C)S(=O)(=O)Nc1cccc(-c2ccc([C@@H]3C[C@@H]3NC3CCNCC3)cc2)c1. The van der Waals surface area contributed by atoms with Crippen LogP contribution in [0.4, 0.5) is 5.69 Å². The molecule has 29 heavy (non-hydrogen) atoms. The van der Waals surface area contributed by atoms with Gasteiger partial charge in [-0.05, 0) is 75.0 Å². The molecule has 1 aliphatic carbocycles. The molecule has 4 rings (SSSR count). The Bertz CT molecular complexity index is 935. The minimum Gasteiger partial charge on any atom is -0.317 e. The molecule has 2 aromatic rings. The fourth-order valence-corrected chi connectivity index (χ4v) is 4.70.